The van der Waals surface area contributed by atoms with Gasteiger partial charge in [-0.3, -0.25) is 0 Å². The smallest absolute Gasteiger partial charge is 0.340 e. The van der Waals surface area contributed by atoms with Crippen molar-refractivity contribution in [3.63, 3.8) is 0 Å². The van der Waals surface area contributed by atoms with E-state index in [1.807, 2.05) is 23.9 Å². The number of fused-ring (bicyclic) bond motifs is 1. The van der Waals surface area contributed by atoms with Crippen LogP contribution in [0.15, 0.2) is 18.3 Å². The number of nitrogens with one attached hydrogen (secondary N) is 1. The third-order valence-electron chi connectivity index (χ3n) is 5.57. The topological polar surface area (TPSA) is 54.6 Å². The number of ether oxygens (including phenoxy) is 2. The van der Waals surface area contributed by atoms with Crippen LogP contribution < -0.4 is 4.74 Å². The van der Waals surface area contributed by atoms with Crippen LogP contribution in [0.4, 0.5) is 0 Å². The maximum Gasteiger partial charge on any atom is 0.340 e. The first-order valence-electron chi connectivity index (χ1n) is 9.31. The summed E-state index contributed by atoms with van der Waals surface area (Å²) >= 11 is 0. The quantitative estimate of drug-likeness (QED) is 0.636. The number of H-pyrrole nitrogens is 1. The molecule has 1 N–H and O–H groups in total. The summed E-state index contributed by atoms with van der Waals surface area (Å²) in [6, 6.07) is 3.93. The molecule has 0 aliphatic carbocycles. The number of methoxy groups -OCH3 is 1. The van der Waals surface area contributed by atoms with Crippen LogP contribution in [0.1, 0.15) is 48.5 Å². The van der Waals surface area contributed by atoms with Gasteiger partial charge in [-0.1, -0.05) is 19.4 Å². The van der Waals surface area contributed by atoms with E-state index in [9.17, 15) is 4.79 Å². The fraction of sp³-hybridized carbons (Fsp3) is 0.550. The maximum atomic E-state index is 12.8. The summed E-state index contributed by atoms with van der Waals surface area (Å²) in [5.74, 6) is 0.418. The highest BCUT2D eigenvalue weighted by molar-refractivity contribution is 6.07. The molecule has 6 heteroatoms. The van der Waals surface area contributed by atoms with Crippen LogP contribution in [0.2, 0.25) is 0 Å². The molecule has 1 aromatic carbocycles. The maximum absolute atomic E-state index is 12.8. The summed E-state index contributed by atoms with van der Waals surface area (Å²) in [6.45, 7) is 6.27. The summed E-state index contributed by atoms with van der Waals surface area (Å²) in [6.07, 6.45) is 5.75. The second kappa shape index (κ2) is 7.74. The molecule has 0 amide bonds. The van der Waals surface area contributed by atoms with Gasteiger partial charge in [-0.05, 0) is 50.9 Å². The van der Waals surface area contributed by atoms with E-state index in [-0.39, 0.29) is 11.4 Å². The molecule has 2 aromatic rings. The molecule has 1 aliphatic rings. The number of aryl methyl sites for hydroxylation is 1. The molecule has 5 nitrogen and oxygen atoms in total. The minimum Gasteiger partial charge on any atom is -0.496 e. The van der Waals surface area contributed by atoms with Crippen LogP contribution in [-0.4, -0.2) is 50.6 Å². The minimum atomic E-state index is -0.300. The van der Waals surface area contributed by atoms with Crippen LogP contribution in [0, 0.1) is 12.3 Å². The second-order valence-corrected chi connectivity index (χ2v) is 7.40. The van der Waals surface area contributed by atoms with Crippen molar-refractivity contribution in [1.29, 1.82) is 0 Å². The van der Waals surface area contributed by atoms with Gasteiger partial charge in [0.25, 0.3) is 0 Å². The molecule has 1 fully saturated rings. The van der Waals surface area contributed by atoms with Crippen molar-refractivity contribution in [3.8, 4) is 5.75 Å². The SMILES string of the molecule is [B]N1CCC(CCC)(COC(=O)c2c[nH]c3ccc(C)c(OC)c23)CC1. The third-order valence-corrected chi connectivity index (χ3v) is 5.57. The number of esters is 1. The van der Waals surface area contributed by atoms with Crippen LogP contribution in [0.3, 0.4) is 0 Å². The number of nitrogens with zero attached hydrogens (tertiary/aromatic N) is 1. The predicted octanol–water partition coefficient (Wildman–Crippen LogP) is 3.61. The molecule has 0 atom stereocenters. The van der Waals surface area contributed by atoms with E-state index in [1.54, 1.807) is 13.3 Å². The van der Waals surface area contributed by atoms with Crippen molar-refractivity contribution in [2.24, 2.45) is 5.41 Å². The lowest BCUT2D eigenvalue weighted by atomic mass is 9.75. The van der Waals surface area contributed by atoms with E-state index in [0.717, 1.165) is 61.0 Å². The summed E-state index contributed by atoms with van der Waals surface area (Å²) < 4.78 is 11.3. The number of hydrogen-bond acceptors (Lipinski definition) is 4. The van der Waals surface area contributed by atoms with Gasteiger partial charge < -0.3 is 19.3 Å². The number of piperidine rings is 1. The van der Waals surface area contributed by atoms with E-state index < -0.39 is 0 Å². The average molecular weight is 354 g/mol. The Kier molecular flexibility index (Phi) is 5.61. The Balaban J connectivity index is 1.80. The highest BCUT2D eigenvalue weighted by Gasteiger charge is 2.34. The Morgan fingerprint density at radius 1 is 1.35 bits per heavy atom. The van der Waals surface area contributed by atoms with Gasteiger partial charge in [0, 0.05) is 11.6 Å². The number of aromatic nitrogens is 1. The van der Waals surface area contributed by atoms with Gasteiger partial charge in [0.15, 0.2) is 7.98 Å². The third kappa shape index (κ3) is 3.61. The molecule has 26 heavy (non-hydrogen) atoms. The Morgan fingerprint density at radius 2 is 2.08 bits per heavy atom. The van der Waals surface area contributed by atoms with E-state index in [4.69, 9.17) is 17.5 Å². The molecule has 0 bridgehead atoms. The van der Waals surface area contributed by atoms with Crippen LogP contribution in [0.5, 0.6) is 5.75 Å². The van der Waals surface area contributed by atoms with E-state index >= 15 is 0 Å². The highest BCUT2D eigenvalue weighted by Crippen LogP contribution is 2.37. The average Bonchev–Trinajstić information content (AvgIpc) is 3.06. The molecule has 1 aromatic heterocycles. The highest BCUT2D eigenvalue weighted by atomic mass is 16.5. The van der Waals surface area contributed by atoms with Crippen molar-refractivity contribution in [1.82, 2.24) is 9.79 Å². The van der Waals surface area contributed by atoms with Crippen molar-refractivity contribution in [2.45, 2.75) is 39.5 Å². The Morgan fingerprint density at radius 3 is 2.73 bits per heavy atom. The van der Waals surface area contributed by atoms with Crippen LogP contribution in [-0.2, 0) is 4.74 Å². The number of carbonyl (C=O) groups is 1. The summed E-state index contributed by atoms with van der Waals surface area (Å²) in [5.41, 5.74) is 2.43. The largest absolute Gasteiger partial charge is 0.496 e. The van der Waals surface area contributed by atoms with Crippen LogP contribution >= 0.6 is 0 Å². The van der Waals surface area contributed by atoms with Gasteiger partial charge in [0.1, 0.15) is 5.75 Å². The summed E-state index contributed by atoms with van der Waals surface area (Å²) in [4.78, 5) is 17.8. The molecule has 0 spiro atoms. The lowest BCUT2D eigenvalue weighted by molar-refractivity contribution is 0.0106. The van der Waals surface area contributed by atoms with Crippen molar-refractivity contribution in [3.05, 3.63) is 29.5 Å². The molecule has 1 aliphatic heterocycles. The summed E-state index contributed by atoms with van der Waals surface area (Å²) in [7, 11) is 7.53. The molecule has 138 valence electrons. The van der Waals surface area contributed by atoms with Gasteiger partial charge in [-0.15, -0.1) is 0 Å². The van der Waals surface area contributed by atoms with Gasteiger partial charge >= 0.3 is 5.97 Å². The van der Waals surface area contributed by atoms with Gasteiger partial charge in [0.2, 0.25) is 0 Å². The van der Waals surface area contributed by atoms with Gasteiger partial charge in [-0.2, -0.15) is 0 Å². The van der Waals surface area contributed by atoms with E-state index in [1.165, 1.54) is 0 Å². The first kappa shape index (κ1) is 18.8. The normalized spacial score (nSPS) is 17.3. The first-order chi connectivity index (χ1) is 12.5. The van der Waals surface area contributed by atoms with Gasteiger partial charge in [0.05, 0.1) is 30.2 Å². The zero-order valence-corrected chi connectivity index (χ0v) is 15.9. The molecule has 1 saturated heterocycles. The molecule has 0 saturated carbocycles. The minimum absolute atomic E-state index is 0.0341. The van der Waals surface area contributed by atoms with E-state index in [0.29, 0.717) is 12.2 Å². The monoisotopic (exact) mass is 354 g/mol. The predicted molar refractivity (Wildman–Crippen MR) is 104 cm³/mol. The number of benzene rings is 1. The fourth-order valence-corrected chi connectivity index (χ4v) is 4.01. The molecular formula is C20H27BN2O3. The zero-order valence-electron chi connectivity index (χ0n) is 15.9. The molecule has 3 rings (SSSR count). The molecular weight excluding hydrogens is 327 g/mol. The summed E-state index contributed by atoms with van der Waals surface area (Å²) in [5, 5.41) is 0.791. The Hall–Kier alpha value is -1.95. The molecule has 0 unspecified atom stereocenters. The van der Waals surface area contributed by atoms with Gasteiger partial charge in [-0.25, -0.2) is 4.79 Å². The number of rotatable bonds is 6. The second-order valence-electron chi connectivity index (χ2n) is 7.40. The lowest BCUT2D eigenvalue weighted by Crippen LogP contribution is -2.41. The lowest BCUT2D eigenvalue weighted by Gasteiger charge is -2.40. The van der Waals surface area contributed by atoms with Crippen LogP contribution in [0.25, 0.3) is 10.9 Å². The van der Waals surface area contributed by atoms with Crippen molar-refractivity contribution < 1.29 is 14.3 Å². The fourth-order valence-electron chi connectivity index (χ4n) is 4.01. The number of aromatic amines is 1. The van der Waals surface area contributed by atoms with E-state index in [2.05, 4.69) is 11.9 Å². The zero-order chi connectivity index (χ0) is 18.7. The Labute approximate surface area is 156 Å². The standard InChI is InChI=1S/C20H27BN2O3/c1-4-7-20(8-10-23(21)11-9-20)13-26-19(24)15-12-22-16-6-5-14(2)18(25-3)17(15)16/h5-6,12,22H,4,7-11,13H2,1-3H3. The van der Waals surface area contributed by atoms with Crippen molar-refractivity contribution in [2.75, 3.05) is 26.8 Å². The number of hydrogen-bond donors (Lipinski definition) is 1. The van der Waals surface area contributed by atoms with Crippen molar-refractivity contribution >= 4 is 24.9 Å². The number of carbonyl (C=O) groups excluding carboxylic acids is 1. The molecule has 2 radical (unpaired) electrons. The first-order valence-corrected chi connectivity index (χ1v) is 9.31. The Bertz CT molecular complexity index is 779. The molecule has 2 heterocycles.